The summed E-state index contributed by atoms with van der Waals surface area (Å²) < 4.78 is 6.00. The van der Waals surface area contributed by atoms with Gasteiger partial charge in [0.1, 0.15) is 5.82 Å². The molecule has 1 aliphatic heterocycles. The number of aromatic nitrogens is 2. The number of fused-ring (bicyclic) bond motifs is 2. The summed E-state index contributed by atoms with van der Waals surface area (Å²) >= 11 is 1.61. The molecule has 4 aromatic rings. The van der Waals surface area contributed by atoms with E-state index in [1.807, 2.05) is 6.20 Å². The predicted molar refractivity (Wildman–Crippen MR) is 115 cm³/mol. The van der Waals surface area contributed by atoms with E-state index in [1.54, 1.807) is 11.5 Å². The molecule has 1 fully saturated rings. The summed E-state index contributed by atoms with van der Waals surface area (Å²) in [7, 11) is 0. The first-order valence-electron chi connectivity index (χ1n) is 9.74. The minimum atomic E-state index is 1.07. The first-order chi connectivity index (χ1) is 13.4. The minimum Gasteiger partial charge on any atom is -0.361 e. The Morgan fingerprint density at radius 1 is 1.00 bits per heavy atom. The summed E-state index contributed by atoms with van der Waals surface area (Å²) in [6, 6.07) is 17.5. The molecule has 0 radical (unpaired) electrons. The predicted octanol–water partition coefficient (Wildman–Crippen LogP) is 4.53. The van der Waals surface area contributed by atoms with Crippen LogP contribution in [0.15, 0.2) is 54.7 Å². The van der Waals surface area contributed by atoms with Crippen LogP contribution >= 0.6 is 11.5 Å². The van der Waals surface area contributed by atoms with Gasteiger partial charge in [0.05, 0.1) is 4.70 Å². The molecule has 3 heterocycles. The van der Waals surface area contributed by atoms with Gasteiger partial charge in [0.25, 0.3) is 0 Å². The van der Waals surface area contributed by atoms with Crippen molar-refractivity contribution < 1.29 is 0 Å². The standard InChI is InChI=1S/C22H24N4S/c1-2-6-21-19(5-1)22(24-27-21)26-14-12-25(13-15-26)11-3-4-17-7-8-20-18(16-17)9-10-23-20/h1-2,5-10,16,23H,3-4,11-15H2. The Morgan fingerprint density at radius 2 is 1.89 bits per heavy atom. The van der Waals surface area contributed by atoms with E-state index in [1.165, 1.54) is 45.3 Å². The van der Waals surface area contributed by atoms with Crippen LogP contribution in [0.5, 0.6) is 0 Å². The van der Waals surface area contributed by atoms with E-state index in [9.17, 15) is 0 Å². The number of benzene rings is 2. The van der Waals surface area contributed by atoms with E-state index in [0.29, 0.717) is 0 Å². The van der Waals surface area contributed by atoms with Crippen LogP contribution in [0.1, 0.15) is 12.0 Å². The zero-order valence-electron chi connectivity index (χ0n) is 15.4. The van der Waals surface area contributed by atoms with Crippen LogP contribution in [0, 0.1) is 0 Å². The molecular weight excluding hydrogens is 352 g/mol. The van der Waals surface area contributed by atoms with Crippen molar-refractivity contribution >= 4 is 38.3 Å². The fourth-order valence-corrected chi connectivity index (χ4v) is 4.84. The number of nitrogens with one attached hydrogen (secondary N) is 1. The third-order valence-electron chi connectivity index (χ3n) is 5.59. The molecular formula is C22H24N4S. The van der Waals surface area contributed by atoms with E-state index in [4.69, 9.17) is 4.37 Å². The summed E-state index contributed by atoms with van der Waals surface area (Å²) in [4.78, 5) is 8.31. The molecule has 0 atom stereocenters. The van der Waals surface area contributed by atoms with Crippen molar-refractivity contribution in [1.82, 2.24) is 14.3 Å². The molecule has 0 amide bonds. The van der Waals surface area contributed by atoms with Gasteiger partial charge in [0.2, 0.25) is 0 Å². The highest BCUT2D eigenvalue weighted by Crippen LogP contribution is 2.29. The Hall–Kier alpha value is -2.37. The highest BCUT2D eigenvalue weighted by Gasteiger charge is 2.20. The molecule has 138 valence electrons. The van der Waals surface area contributed by atoms with E-state index in [2.05, 4.69) is 63.3 Å². The van der Waals surface area contributed by atoms with Gasteiger partial charge in [0.15, 0.2) is 0 Å². The van der Waals surface area contributed by atoms with Gasteiger partial charge in [-0.15, -0.1) is 0 Å². The van der Waals surface area contributed by atoms with Gasteiger partial charge in [-0.3, -0.25) is 4.90 Å². The Kier molecular flexibility index (Phi) is 4.56. The fraction of sp³-hybridized carbons (Fsp3) is 0.318. The summed E-state index contributed by atoms with van der Waals surface area (Å²) in [5, 5.41) is 2.62. The number of rotatable bonds is 5. The van der Waals surface area contributed by atoms with Crippen LogP contribution in [-0.2, 0) is 6.42 Å². The van der Waals surface area contributed by atoms with Crippen molar-refractivity contribution in [3.63, 3.8) is 0 Å². The first kappa shape index (κ1) is 16.8. The number of piperazine rings is 1. The Morgan fingerprint density at radius 3 is 2.81 bits per heavy atom. The Balaban J connectivity index is 1.14. The summed E-state index contributed by atoms with van der Waals surface area (Å²) in [5.41, 5.74) is 2.67. The number of nitrogens with zero attached hydrogens (tertiary/aromatic N) is 3. The normalized spacial score (nSPS) is 15.8. The Labute approximate surface area is 163 Å². The quantitative estimate of drug-likeness (QED) is 0.556. The first-order valence-corrected chi connectivity index (χ1v) is 10.5. The van der Waals surface area contributed by atoms with Crippen molar-refractivity contribution in [1.29, 1.82) is 0 Å². The van der Waals surface area contributed by atoms with Crippen LogP contribution < -0.4 is 4.90 Å². The highest BCUT2D eigenvalue weighted by molar-refractivity contribution is 7.13. The molecule has 0 saturated carbocycles. The van der Waals surface area contributed by atoms with Crippen molar-refractivity contribution in [2.75, 3.05) is 37.6 Å². The van der Waals surface area contributed by atoms with Crippen LogP contribution in [0.2, 0.25) is 0 Å². The van der Waals surface area contributed by atoms with Crippen molar-refractivity contribution in [3.05, 3.63) is 60.3 Å². The number of anilines is 1. The molecule has 0 unspecified atom stereocenters. The summed E-state index contributed by atoms with van der Waals surface area (Å²) in [5.74, 6) is 1.18. The van der Waals surface area contributed by atoms with Gasteiger partial charge in [0, 0.05) is 43.3 Å². The average molecular weight is 377 g/mol. The number of hydrogen-bond acceptors (Lipinski definition) is 4. The average Bonchev–Trinajstić information content (AvgIpc) is 3.35. The van der Waals surface area contributed by atoms with Gasteiger partial charge in [-0.1, -0.05) is 18.2 Å². The maximum Gasteiger partial charge on any atom is 0.150 e. The largest absolute Gasteiger partial charge is 0.361 e. The second-order valence-electron chi connectivity index (χ2n) is 7.33. The molecule has 0 spiro atoms. The fourth-order valence-electron chi connectivity index (χ4n) is 4.05. The topological polar surface area (TPSA) is 35.2 Å². The molecule has 0 bridgehead atoms. The lowest BCUT2D eigenvalue weighted by Gasteiger charge is -2.35. The Bertz CT molecular complexity index is 1040. The van der Waals surface area contributed by atoms with E-state index in [0.717, 1.165) is 32.6 Å². The lowest BCUT2D eigenvalue weighted by molar-refractivity contribution is 0.255. The molecule has 0 aliphatic carbocycles. The van der Waals surface area contributed by atoms with Gasteiger partial charge < -0.3 is 9.88 Å². The third-order valence-corrected chi connectivity index (χ3v) is 6.40. The van der Waals surface area contributed by atoms with Crippen LogP contribution in [-0.4, -0.2) is 47.0 Å². The van der Waals surface area contributed by atoms with E-state index < -0.39 is 0 Å². The second-order valence-corrected chi connectivity index (χ2v) is 8.14. The van der Waals surface area contributed by atoms with Crippen molar-refractivity contribution in [2.45, 2.75) is 12.8 Å². The molecule has 2 aromatic heterocycles. The van der Waals surface area contributed by atoms with Crippen molar-refractivity contribution in [3.8, 4) is 0 Å². The molecule has 1 saturated heterocycles. The van der Waals surface area contributed by atoms with Gasteiger partial charge in [-0.2, -0.15) is 4.37 Å². The zero-order chi connectivity index (χ0) is 18.1. The number of aryl methyl sites for hydroxylation is 1. The maximum absolute atomic E-state index is 4.71. The smallest absolute Gasteiger partial charge is 0.150 e. The molecule has 2 aromatic carbocycles. The minimum absolute atomic E-state index is 1.07. The SMILES string of the molecule is c1ccc2c(N3CCN(CCCc4ccc5[nH]ccc5c4)CC3)nsc2c1. The zero-order valence-corrected chi connectivity index (χ0v) is 16.2. The van der Waals surface area contributed by atoms with Crippen molar-refractivity contribution in [2.24, 2.45) is 0 Å². The second kappa shape index (κ2) is 7.33. The van der Waals surface area contributed by atoms with E-state index in [-0.39, 0.29) is 0 Å². The molecule has 5 heteroatoms. The van der Waals surface area contributed by atoms with Crippen LogP contribution in [0.4, 0.5) is 5.82 Å². The molecule has 1 aliphatic rings. The highest BCUT2D eigenvalue weighted by atomic mass is 32.1. The number of aromatic amines is 1. The maximum atomic E-state index is 4.71. The van der Waals surface area contributed by atoms with E-state index >= 15 is 0 Å². The van der Waals surface area contributed by atoms with Crippen LogP contribution in [0.3, 0.4) is 0 Å². The lowest BCUT2D eigenvalue weighted by atomic mass is 10.1. The molecule has 5 rings (SSSR count). The molecule has 1 N–H and O–H groups in total. The van der Waals surface area contributed by atoms with Gasteiger partial charge >= 0.3 is 0 Å². The summed E-state index contributed by atoms with van der Waals surface area (Å²) in [6.45, 7) is 5.58. The summed E-state index contributed by atoms with van der Waals surface area (Å²) in [6.07, 6.45) is 4.38. The van der Waals surface area contributed by atoms with Gasteiger partial charge in [-0.25, -0.2) is 0 Å². The van der Waals surface area contributed by atoms with Crippen LogP contribution in [0.25, 0.3) is 21.0 Å². The molecule has 27 heavy (non-hydrogen) atoms. The molecule has 4 nitrogen and oxygen atoms in total. The number of hydrogen-bond donors (Lipinski definition) is 1. The monoisotopic (exact) mass is 376 g/mol. The third kappa shape index (κ3) is 3.45. The van der Waals surface area contributed by atoms with Gasteiger partial charge in [-0.05, 0) is 72.2 Å². The lowest BCUT2D eigenvalue weighted by Crippen LogP contribution is -2.46. The number of H-pyrrole nitrogens is 1.